The molecule has 2 heterocycles. The third-order valence-corrected chi connectivity index (χ3v) is 8.15. The largest absolute Gasteiger partial charge is 0.507 e. The van der Waals surface area contributed by atoms with E-state index in [1.807, 2.05) is 31.2 Å². The van der Waals surface area contributed by atoms with Crippen molar-refractivity contribution >= 4 is 45.4 Å². The molecule has 8 nitrogen and oxygen atoms in total. The summed E-state index contributed by atoms with van der Waals surface area (Å²) in [5.41, 5.74) is 4.64. The monoisotopic (exact) mass is 534 g/mol. The SMILES string of the molecule is CCOc1ccc(-n2c(SCC(=O)NN=Cc3ccccc3O)nc3sc4c(c3c2=O)CCCC4)cc1. The van der Waals surface area contributed by atoms with Gasteiger partial charge in [-0.3, -0.25) is 14.2 Å². The first kappa shape index (κ1) is 25.0. The highest BCUT2D eigenvalue weighted by Crippen LogP contribution is 2.35. The Labute approximate surface area is 222 Å². The van der Waals surface area contributed by atoms with Crippen molar-refractivity contribution in [2.75, 3.05) is 12.4 Å². The molecule has 1 aliphatic rings. The second-order valence-corrected chi connectivity index (χ2v) is 10.5. The van der Waals surface area contributed by atoms with Crippen LogP contribution >= 0.6 is 23.1 Å². The molecular formula is C27H26N4O4S2. The van der Waals surface area contributed by atoms with Gasteiger partial charge >= 0.3 is 0 Å². The topological polar surface area (TPSA) is 106 Å². The van der Waals surface area contributed by atoms with Crippen LogP contribution in [0.1, 0.15) is 35.8 Å². The predicted molar refractivity (Wildman–Crippen MR) is 148 cm³/mol. The van der Waals surface area contributed by atoms with Crippen molar-refractivity contribution in [2.24, 2.45) is 5.10 Å². The van der Waals surface area contributed by atoms with Gasteiger partial charge in [0, 0.05) is 10.4 Å². The van der Waals surface area contributed by atoms with E-state index in [-0.39, 0.29) is 23.0 Å². The van der Waals surface area contributed by atoms with Gasteiger partial charge < -0.3 is 9.84 Å². The van der Waals surface area contributed by atoms with Gasteiger partial charge in [0.05, 0.1) is 29.6 Å². The standard InChI is InChI=1S/C27H26N4O4S2/c1-2-35-19-13-11-18(12-14-19)31-26(34)24-20-8-4-6-10-22(20)37-25(24)29-27(31)36-16-23(33)30-28-15-17-7-3-5-9-21(17)32/h3,5,7,9,11-15,32H,2,4,6,8,10,16H2,1H3,(H,30,33). The number of benzene rings is 2. The molecule has 2 N–H and O–H groups in total. The number of carbonyl (C=O) groups is 1. The number of rotatable bonds is 8. The van der Waals surface area contributed by atoms with Gasteiger partial charge in [-0.25, -0.2) is 10.4 Å². The van der Waals surface area contributed by atoms with Crippen LogP contribution in [0.2, 0.25) is 0 Å². The Morgan fingerprint density at radius 1 is 1.22 bits per heavy atom. The number of para-hydroxylation sites is 1. The average Bonchev–Trinajstić information content (AvgIpc) is 3.28. The molecule has 0 radical (unpaired) electrons. The fourth-order valence-electron chi connectivity index (χ4n) is 4.30. The molecule has 37 heavy (non-hydrogen) atoms. The highest BCUT2D eigenvalue weighted by molar-refractivity contribution is 7.99. The van der Waals surface area contributed by atoms with Gasteiger partial charge in [0.2, 0.25) is 0 Å². The lowest BCUT2D eigenvalue weighted by Gasteiger charge is -2.14. The average molecular weight is 535 g/mol. The minimum absolute atomic E-state index is 0.0121. The smallest absolute Gasteiger partial charge is 0.267 e. The highest BCUT2D eigenvalue weighted by atomic mass is 32.2. The Balaban J connectivity index is 1.44. The number of ether oxygens (including phenoxy) is 1. The number of carbonyl (C=O) groups excluding carboxylic acids is 1. The van der Waals surface area contributed by atoms with Gasteiger partial charge in [-0.05, 0) is 74.6 Å². The quantitative estimate of drug-likeness (QED) is 0.147. The lowest BCUT2D eigenvalue weighted by atomic mass is 9.97. The van der Waals surface area contributed by atoms with Gasteiger partial charge in [0.15, 0.2) is 5.16 Å². The van der Waals surface area contributed by atoms with Crippen molar-refractivity contribution in [3.05, 3.63) is 74.9 Å². The van der Waals surface area contributed by atoms with Crippen LogP contribution in [0.4, 0.5) is 0 Å². The van der Waals surface area contributed by atoms with Crippen molar-refractivity contribution in [3.63, 3.8) is 0 Å². The summed E-state index contributed by atoms with van der Waals surface area (Å²) in [7, 11) is 0. The molecule has 1 amide bonds. The zero-order valence-electron chi connectivity index (χ0n) is 20.3. The second kappa shape index (κ2) is 11.2. The summed E-state index contributed by atoms with van der Waals surface area (Å²) in [6.45, 7) is 2.47. The molecule has 0 spiro atoms. The van der Waals surface area contributed by atoms with E-state index in [1.165, 1.54) is 22.9 Å². The molecule has 0 aliphatic heterocycles. The molecule has 5 rings (SSSR count). The van der Waals surface area contributed by atoms with E-state index < -0.39 is 0 Å². The number of aryl methyl sites for hydroxylation is 2. The molecule has 0 fully saturated rings. The van der Waals surface area contributed by atoms with Crippen LogP contribution in [-0.2, 0) is 17.6 Å². The number of phenolic OH excluding ortho intramolecular Hbond substituents is 1. The van der Waals surface area contributed by atoms with Gasteiger partial charge in [-0.2, -0.15) is 5.10 Å². The highest BCUT2D eigenvalue weighted by Gasteiger charge is 2.23. The molecule has 0 saturated carbocycles. The summed E-state index contributed by atoms with van der Waals surface area (Å²) in [6.07, 6.45) is 5.43. The molecule has 2 aromatic heterocycles. The van der Waals surface area contributed by atoms with Crippen LogP contribution < -0.4 is 15.7 Å². The molecule has 0 unspecified atom stereocenters. The Hall–Kier alpha value is -3.63. The number of amides is 1. The predicted octanol–water partition coefficient (Wildman–Crippen LogP) is 4.67. The van der Waals surface area contributed by atoms with E-state index in [4.69, 9.17) is 9.72 Å². The number of hydrazone groups is 1. The Bertz CT molecular complexity index is 1530. The molecule has 190 valence electrons. The minimum Gasteiger partial charge on any atom is -0.507 e. The first-order chi connectivity index (χ1) is 18.0. The molecule has 2 aromatic carbocycles. The van der Waals surface area contributed by atoms with Crippen molar-refractivity contribution in [2.45, 2.75) is 37.8 Å². The minimum atomic E-state index is -0.352. The van der Waals surface area contributed by atoms with Crippen LogP contribution in [0.25, 0.3) is 15.9 Å². The third kappa shape index (κ3) is 5.40. The first-order valence-electron chi connectivity index (χ1n) is 12.1. The van der Waals surface area contributed by atoms with Crippen LogP contribution in [0, 0.1) is 0 Å². The van der Waals surface area contributed by atoms with Crippen LogP contribution in [-0.4, -0.2) is 39.1 Å². The number of hydrogen-bond donors (Lipinski definition) is 2. The zero-order chi connectivity index (χ0) is 25.8. The number of nitrogens with zero attached hydrogens (tertiary/aromatic N) is 3. The fourth-order valence-corrected chi connectivity index (χ4v) is 6.41. The molecule has 10 heteroatoms. The van der Waals surface area contributed by atoms with E-state index in [1.54, 1.807) is 40.2 Å². The second-order valence-electron chi connectivity index (χ2n) is 8.49. The normalized spacial score (nSPS) is 13.1. The lowest BCUT2D eigenvalue weighted by molar-refractivity contribution is -0.118. The maximum Gasteiger partial charge on any atom is 0.267 e. The van der Waals surface area contributed by atoms with E-state index in [0.29, 0.717) is 28.4 Å². The van der Waals surface area contributed by atoms with Crippen LogP contribution in [0.3, 0.4) is 0 Å². The Morgan fingerprint density at radius 2 is 2.00 bits per heavy atom. The van der Waals surface area contributed by atoms with E-state index in [2.05, 4.69) is 10.5 Å². The van der Waals surface area contributed by atoms with Crippen molar-refractivity contribution in [1.29, 1.82) is 0 Å². The molecule has 4 aromatic rings. The van der Waals surface area contributed by atoms with Crippen molar-refractivity contribution in [3.8, 4) is 17.2 Å². The summed E-state index contributed by atoms with van der Waals surface area (Å²) < 4.78 is 7.14. The lowest BCUT2D eigenvalue weighted by Crippen LogP contribution is -2.24. The van der Waals surface area contributed by atoms with Gasteiger partial charge in [-0.15, -0.1) is 11.3 Å². The number of nitrogens with one attached hydrogen (secondary N) is 1. The fraction of sp³-hybridized carbons (Fsp3) is 0.259. The number of aromatic hydroxyl groups is 1. The number of aromatic nitrogens is 2. The number of fused-ring (bicyclic) bond motifs is 3. The zero-order valence-corrected chi connectivity index (χ0v) is 21.9. The van der Waals surface area contributed by atoms with E-state index >= 15 is 0 Å². The summed E-state index contributed by atoms with van der Waals surface area (Å²) >= 11 is 2.76. The number of phenols is 1. The summed E-state index contributed by atoms with van der Waals surface area (Å²) in [5.74, 6) is 0.454. The number of thioether (sulfide) groups is 1. The maximum atomic E-state index is 13.8. The molecule has 0 saturated heterocycles. The van der Waals surface area contributed by atoms with Crippen LogP contribution in [0.15, 0.2) is 63.6 Å². The summed E-state index contributed by atoms with van der Waals surface area (Å²) in [6, 6.07) is 14.0. The number of hydrogen-bond acceptors (Lipinski definition) is 8. The molecule has 0 atom stereocenters. The van der Waals surface area contributed by atoms with E-state index in [0.717, 1.165) is 41.8 Å². The van der Waals surface area contributed by atoms with Gasteiger partial charge in [0.25, 0.3) is 11.5 Å². The van der Waals surface area contributed by atoms with Crippen molar-refractivity contribution in [1.82, 2.24) is 15.0 Å². The van der Waals surface area contributed by atoms with E-state index in [9.17, 15) is 14.7 Å². The van der Waals surface area contributed by atoms with Gasteiger partial charge in [-0.1, -0.05) is 23.9 Å². The molecular weight excluding hydrogens is 508 g/mol. The maximum absolute atomic E-state index is 13.8. The number of thiophene rings is 1. The van der Waals surface area contributed by atoms with Crippen LogP contribution in [0.5, 0.6) is 11.5 Å². The summed E-state index contributed by atoms with van der Waals surface area (Å²) in [4.78, 5) is 33.2. The Morgan fingerprint density at radius 3 is 2.78 bits per heavy atom. The first-order valence-corrected chi connectivity index (χ1v) is 13.9. The Kier molecular flexibility index (Phi) is 7.57. The molecule has 1 aliphatic carbocycles. The summed E-state index contributed by atoms with van der Waals surface area (Å²) in [5, 5.41) is 14.9. The van der Waals surface area contributed by atoms with Crippen molar-refractivity contribution < 1.29 is 14.6 Å². The molecule has 0 bridgehead atoms. The third-order valence-electron chi connectivity index (χ3n) is 6.03. The van der Waals surface area contributed by atoms with Gasteiger partial charge in [0.1, 0.15) is 16.3 Å².